The van der Waals surface area contributed by atoms with E-state index in [4.69, 9.17) is 15.5 Å². The summed E-state index contributed by atoms with van der Waals surface area (Å²) in [4.78, 5) is 32.2. The molecule has 1 saturated heterocycles. The third-order valence-corrected chi connectivity index (χ3v) is 11.0. The summed E-state index contributed by atoms with van der Waals surface area (Å²) in [5, 5.41) is 0. The molecule has 1 aliphatic carbocycles. The van der Waals surface area contributed by atoms with Gasteiger partial charge >= 0.3 is 0 Å². The molecule has 2 aliphatic rings. The highest BCUT2D eigenvalue weighted by Gasteiger charge is 2.74. The van der Waals surface area contributed by atoms with Gasteiger partial charge in [-0.2, -0.15) is 0 Å². The molecule has 9 heteroatoms. The van der Waals surface area contributed by atoms with Crippen LogP contribution in [-0.2, 0) is 21.1 Å². The number of hydrogen-bond donors (Lipinski definition) is 1. The summed E-state index contributed by atoms with van der Waals surface area (Å²) in [5.74, 6) is 1.01. The van der Waals surface area contributed by atoms with Crippen molar-refractivity contribution in [1.29, 1.82) is 0 Å². The monoisotopic (exact) mass is 582 g/mol. The second-order valence-corrected chi connectivity index (χ2v) is 18.8. The largest absolute Gasteiger partial charge is 0.369 e. The van der Waals surface area contributed by atoms with E-state index in [-0.39, 0.29) is 17.2 Å². The molecule has 1 aliphatic heterocycles. The number of imidazole rings is 1. The lowest BCUT2D eigenvalue weighted by atomic mass is 9.73. The van der Waals surface area contributed by atoms with E-state index in [1.54, 1.807) is 0 Å². The van der Waals surface area contributed by atoms with Crippen LogP contribution in [0, 0.1) is 10.8 Å². The number of nitrogens with two attached hydrogens (primary N) is 1. The Kier molecular flexibility index (Phi) is 10.0. The van der Waals surface area contributed by atoms with Crippen LogP contribution in [0.2, 0.25) is 25.7 Å². The van der Waals surface area contributed by atoms with Gasteiger partial charge < -0.3 is 15.4 Å². The zero-order valence-electron chi connectivity index (χ0n) is 23.1. The van der Waals surface area contributed by atoms with E-state index in [0.717, 1.165) is 81.1 Å². The van der Waals surface area contributed by atoms with Crippen LogP contribution < -0.4 is 5.73 Å². The highest BCUT2D eigenvalue weighted by atomic mass is 79.9. The average Bonchev–Trinajstić information content (AvgIpc) is 3.33. The molecule has 3 rings (SSSR count). The fourth-order valence-corrected chi connectivity index (χ4v) is 7.24. The van der Waals surface area contributed by atoms with Crippen molar-refractivity contribution in [2.45, 2.75) is 103 Å². The Morgan fingerprint density at radius 2 is 1.92 bits per heavy atom. The van der Waals surface area contributed by atoms with Crippen LogP contribution in [0.25, 0.3) is 0 Å². The van der Waals surface area contributed by atoms with E-state index in [1.165, 1.54) is 0 Å². The number of rotatable bonds is 15. The summed E-state index contributed by atoms with van der Waals surface area (Å²) in [5.41, 5.74) is 5.66. The van der Waals surface area contributed by atoms with Gasteiger partial charge in [-0.1, -0.05) is 39.4 Å². The van der Waals surface area contributed by atoms with Crippen LogP contribution >= 0.6 is 15.9 Å². The van der Waals surface area contributed by atoms with Crippen LogP contribution in [0.3, 0.4) is 0 Å². The molecule has 1 unspecified atom stereocenters. The predicted molar refractivity (Wildman–Crippen MR) is 151 cm³/mol. The summed E-state index contributed by atoms with van der Waals surface area (Å²) >= 11 is 3.68. The van der Waals surface area contributed by atoms with Crippen molar-refractivity contribution in [3.05, 3.63) is 16.6 Å². The summed E-state index contributed by atoms with van der Waals surface area (Å²) < 4.78 is 9.09. The number of likely N-dealkylation sites (tertiary alicyclic amines) is 1. The molecule has 1 aromatic rings. The molecule has 0 aromatic carbocycles. The lowest BCUT2D eigenvalue weighted by Gasteiger charge is -2.36. The first-order valence-corrected chi connectivity index (χ1v) is 18.2. The minimum absolute atomic E-state index is 0.0316. The summed E-state index contributed by atoms with van der Waals surface area (Å²) in [7, 11) is 0.968. The fraction of sp³-hybridized carbons (Fsp3) is 0.815. The Labute approximate surface area is 227 Å². The van der Waals surface area contributed by atoms with E-state index in [1.807, 2.05) is 13.1 Å². The number of primary amides is 1. The van der Waals surface area contributed by atoms with Gasteiger partial charge in [-0.15, -0.1) is 0 Å². The summed E-state index contributed by atoms with van der Waals surface area (Å²) in [6.45, 7) is 12.1. The number of hydrogen-bond acceptors (Lipinski definition) is 5. The van der Waals surface area contributed by atoms with Gasteiger partial charge in [0, 0.05) is 33.4 Å². The highest BCUT2D eigenvalue weighted by Crippen LogP contribution is 2.74. The number of halogens is 1. The molecule has 1 spiro atoms. The van der Waals surface area contributed by atoms with Crippen molar-refractivity contribution < 1.29 is 14.3 Å². The van der Waals surface area contributed by atoms with E-state index >= 15 is 0 Å². The Balaban J connectivity index is 1.82. The molecular weight excluding hydrogens is 536 g/mol. The molecule has 1 amide bonds. The predicted octanol–water partition coefficient (Wildman–Crippen LogP) is 5.56. The molecule has 0 radical (unpaired) electrons. The topological polar surface area (TPSA) is 90.5 Å². The number of piperidine rings is 1. The third kappa shape index (κ3) is 6.69. The standard InChI is InChI=1S/C27H47BrN4O3Si/c1-6-21(33)10-8-7-9-11-22(27(25(29)34)19-26(27)12-14-31(2)15-13-26)24-30-18-23(28)32(24)20-35-16-17-36(3,4)5/h18,22H,6-17,19-20H2,1-5H3,(H2,29,34)/t22-,27?/m1/s1. The number of carbonyl (C=O) groups excluding carboxylic acids is 2. The molecule has 204 valence electrons. The van der Waals surface area contributed by atoms with E-state index in [0.29, 0.717) is 25.4 Å². The van der Waals surface area contributed by atoms with Crippen molar-refractivity contribution in [2.75, 3.05) is 26.7 Å². The van der Waals surface area contributed by atoms with Crippen LogP contribution in [0.1, 0.15) is 76.5 Å². The Morgan fingerprint density at radius 3 is 2.53 bits per heavy atom. The van der Waals surface area contributed by atoms with Crippen molar-refractivity contribution in [1.82, 2.24) is 14.5 Å². The molecule has 36 heavy (non-hydrogen) atoms. The van der Waals surface area contributed by atoms with E-state index in [9.17, 15) is 9.59 Å². The van der Waals surface area contributed by atoms with Crippen molar-refractivity contribution in [3.63, 3.8) is 0 Å². The van der Waals surface area contributed by atoms with Crippen molar-refractivity contribution in [2.24, 2.45) is 16.6 Å². The SMILES string of the molecule is CCC(=O)CCCCC[C@H](c1ncc(Br)n1COCC[Si](C)(C)C)C1(C(N)=O)CC12CCN(C)CC2. The van der Waals surface area contributed by atoms with Gasteiger partial charge in [0.25, 0.3) is 0 Å². The summed E-state index contributed by atoms with van der Waals surface area (Å²) in [6.07, 6.45) is 9.61. The second-order valence-electron chi connectivity index (χ2n) is 12.4. The lowest BCUT2D eigenvalue weighted by molar-refractivity contribution is -0.126. The zero-order valence-corrected chi connectivity index (χ0v) is 25.7. The summed E-state index contributed by atoms with van der Waals surface area (Å²) in [6, 6.07) is 1.11. The molecule has 2 atom stereocenters. The number of unbranched alkanes of at least 4 members (excludes halogenated alkanes) is 2. The van der Waals surface area contributed by atoms with E-state index < -0.39 is 13.5 Å². The first-order valence-electron chi connectivity index (χ1n) is 13.7. The van der Waals surface area contributed by atoms with Crippen LogP contribution in [0.15, 0.2) is 10.8 Å². The van der Waals surface area contributed by atoms with Crippen molar-refractivity contribution in [3.8, 4) is 0 Å². The Hall–Kier alpha value is -1.03. The molecular formula is C27H47BrN4O3Si. The first-order chi connectivity index (χ1) is 17.0. The normalized spacial score (nSPS) is 22.6. The number of aromatic nitrogens is 2. The number of Topliss-reactive ketones (excluding diaryl/α,β-unsaturated/α-hetero) is 1. The van der Waals surface area contributed by atoms with Crippen LogP contribution in [0.4, 0.5) is 0 Å². The van der Waals surface area contributed by atoms with Gasteiger partial charge in [0.1, 0.15) is 22.9 Å². The number of ether oxygens (including phenoxy) is 1. The molecule has 1 saturated carbocycles. The fourth-order valence-electron chi connectivity index (χ4n) is 6.10. The van der Waals surface area contributed by atoms with Crippen LogP contribution in [0.5, 0.6) is 0 Å². The van der Waals surface area contributed by atoms with Gasteiger partial charge in [0.05, 0.1) is 11.6 Å². The maximum absolute atomic E-state index is 13.2. The van der Waals surface area contributed by atoms with Gasteiger partial charge in [-0.25, -0.2) is 4.98 Å². The van der Waals surface area contributed by atoms with E-state index in [2.05, 4.69) is 52.1 Å². The van der Waals surface area contributed by atoms with Crippen molar-refractivity contribution >= 4 is 35.7 Å². The maximum Gasteiger partial charge on any atom is 0.224 e. The smallest absolute Gasteiger partial charge is 0.224 e. The third-order valence-electron chi connectivity index (χ3n) is 8.63. The van der Waals surface area contributed by atoms with Gasteiger partial charge in [0.2, 0.25) is 5.91 Å². The quantitative estimate of drug-likeness (QED) is 0.216. The second kappa shape index (κ2) is 12.2. The molecule has 2 fully saturated rings. The van der Waals surface area contributed by atoms with Gasteiger partial charge in [0.15, 0.2) is 0 Å². The van der Waals surface area contributed by atoms with Gasteiger partial charge in [-0.05, 0) is 79.6 Å². The molecule has 7 nitrogen and oxygen atoms in total. The highest BCUT2D eigenvalue weighted by molar-refractivity contribution is 9.10. The lowest BCUT2D eigenvalue weighted by Crippen LogP contribution is -2.41. The maximum atomic E-state index is 13.2. The Morgan fingerprint density at radius 1 is 1.22 bits per heavy atom. The minimum Gasteiger partial charge on any atom is -0.369 e. The molecule has 2 N–H and O–H groups in total. The number of carbonyl (C=O) groups is 2. The Bertz CT molecular complexity index is 907. The first kappa shape index (κ1) is 29.5. The molecule has 0 bridgehead atoms. The van der Waals surface area contributed by atoms with Gasteiger partial charge in [-0.3, -0.25) is 14.2 Å². The van der Waals surface area contributed by atoms with Crippen LogP contribution in [-0.4, -0.2) is 61.0 Å². The molecule has 1 aromatic heterocycles. The number of ketones is 1. The number of nitrogens with zero attached hydrogens (tertiary/aromatic N) is 3. The zero-order chi connectivity index (χ0) is 26.6. The number of amides is 1. The molecule has 2 heterocycles. The average molecular weight is 584 g/mol. The minimum atomic E-state index is -1.18.